The minimum absolute atomic E-state index is 0.723. The molecule has 0 aromatic heterocycles. The van der Waals surface area contributed by atoms with E-state index in [0.717, 1.165) is 39.3 Å². The molecule has 5 heteroatoms. The third kappa shape index (κ3) is 14.5. The fraction of sp³-hybridized carbons (Fsp3) is 1.00. The van der Waals surface area contributed by atoms with Gasteiger partial charge in [0.25, 0.3) is 0 Å². The third-order valence-electron chi connectivity index (χ3n) is 2.66. The van der Waals surface area contributed by atoms with Gasteiger partial charge in [-0.1, -0.05) is 13.3 Å². The minimum Gasteiger partial charge on any atom is -0.456 e. The predicted octanol–water partition coefficient (Wildman–Crippen LogP) is 4.27. The van der Waals surface area contributed by atoms with Crippen LogP contribution in [0.15, 0.2) is 0 Å². The molecule has 0 aliphatic carbocycles. The zero-order chi connectivity index (χ0) is 14.8. The number of hydrogen-bond donors (Lipinski definition) is 0. The Morgan fingerprint density at radius 1 is 0.737 bits per heavy atom. The summed E-state index contributed by atoms with van der Waals surface area (Å²) in [7, 11) is -2.86. The molecule has 0 unspecified atom stereocenters. The van der Waals surface area contributed by atoms with Gasteiger partial charge >= 0.3 is 0 Å². The van der Waals surface area contributed by atoms with Crippen LogP contribution in [0.5, 0.6) is 0 Å². The van der Waals surface area contributed by atoms with Gasteiger partial charge in [0, 0.05) is 13.2 Å². The topological polar surface area (TPSA) is 27.7 Å². The predicted molar refractivity (Wildman–Crippen MR) is 87.9 cm³/mol. The van der Waals surface area contributed by atoms with E-state index >= 15 is 0 Å². The van der Waals surface area contributed by atoms with Gasteiger partial charge in [-0.2, -0.15) is 0 Å². The molecule has 0 rings (SSSR count). The molecule has 0 radical (unpaired) electrons. The highest BCUT2D eigenvalue weighted by Crippen LogP contribution is 2.19. The van der Waals surface area contributed by atoms with Crippen molar-refractivity contribution in [1.82, 2.24) is 0 Å². The molecule has 0 heterocycles. The van der Waals surface area contributed by atoms with Crippen LogP contribution in [0.4, 0.5) is 0 Å². The van der Waals surface area contributed by atoms with E-state index in [0.29, 0.717) is 0 Å². The number of ether oxygens (including phenoxy) is 2. The summed E-state index contributed by atoms with van der Waals surface area (Å²) in [5.41, 5.74) is 0. The lowest BCUT2D eigenvalue weighted by molar-refractivity contribution is 0.0468. The largest absolute Gasteiger partial charge is 0.456 e. The van der Waals surface area contributed by atoms with Crippen LogP contribution in [0, 0.1) is 0 Å². The second-order valence-corrected chi connectivity index (χ2v) is 15.7. The lowest BCUT2D eigenvalue weighted by Gasteiger charge is -2.31. The molecule has 0 atom stereocenters. The van der Waals surface area contributed by atoms with E-state index in [2.05, 4.69) is 39.7 Å². The number of hydrogen-bond acceptors (Lipinski definition) is 3. The normalized spacial score (nSPS) is 12.9. The van der Waals surface area contributed by atoms with E-state index in [1.54, 1.807) is 0 Å². The summed E-state index contributed by atoms with van der Waals surface area (Å²) < 4.78 is 17.3. The van der Waals surface area contributed by atoms with Gasteiger partial charge in [-0.3, -0.25) is 0 Å². The third-order valence-corrected chi connectivity index (χ3v) is 8.88. The van der Waals surface area contributed by atoms with Crippen molar-refractivity contribution in [1.29, 1.82) is 0 Å². The van der Waals surface area contributed by atoms with Gasteiger partial charge in [0.15, 0.2) is 16.6 Å². The summed E-state index contributed by atoms with van der Waals surface area (Å²) in [4.78, 5) is 0. The molecular formula is C14H34O3Si2. The Balaban J connectivity index is 3.43. The van der Waals surface area contributed by atoms with Crippen LogP contribution in [0.1, 0.15) is 26.2 Å². The lowest BCUT2D eigenvalue weighted by atomic mass is 10.4. The van der Waals surface area contributed by atoms with E-state index in [1.807, 2.05) is 0 Å². The molecule has 0 aliphatic rings. The van der Waals surface area contributed by atoms with Crippen LogP contribution in [0.2, 0.25) is 38.8 Å². The average molecular weight is 307 g/mol. The van der Waals surface area contributed by atoms with Gasteiger partial charge in [-0.15, -0.1) is 0 Å². The van der Waals surface area contributed by atoms with Crippen LogP contribution >= 0.6 is 0 Å². The first-order valence-electron chi connectivity index (χ1n) is 7.62. The van der Waals surface area contributed by atoms with Crippen molar-refractivity contribution in [2.45, 2.75) is 65.0 Å². The maximum absolute atomic E-state index is 6.29. The Labute approximate surface area is 122 Å². The van der Waals surface area contributed by atoms with Crippen molar-refractivity contribution in [2.24, 2.45) is 0 Å². The summed E-state index contributed by atoms with van der Waals surface area (Å²) in [6.45, 7) is 16.8. The van der Waals surface area contributed by atoms with Gasteiger partial charge in [0.1, 0.15) is 0 Å². The van der Waals surface area contributed by atoms with Crippen molar-refractivity contribution in [3.63, 3.8) is 0 Å². The molecule has 116 valence electrons. The summed E-state index contributed by atoms with van der Waals surface area (Å²) >= 11 is 0. The maximum atomic E-state index is 6.29. The second-order valence-electron chi connectivity index (χ2n) is 6.66. The zero-order valence-corrected chi connectivity index (χ0v) is 15.9. The summed E-state index contributed by atoms with van der Waals surface area (Å²) in [5, 5.41) is 0. The Hall–Kier alpha value is 0.314. The molecule has 0 saturated carbocycles. The molecule has 0 spiro atoms. The fourth-order valence-corrected chi connectivity index (χ4v) is 10.1. The van der Waals surface area contributed by atoms with E-state index in [9.17, 15) is 0 Å². The average Bonchev–Trinajstić information content (AvgIpc) is 2.23. The molecule has 19 heavy (non-hydrogen) atoms. The van der Waals surface area contributed by atoms with Crippen LogP contribution in [0.25, 0.3) is 0 Å². The highest BCUT2D eigenvalue weighted by atomic mass is 28.4. The first-order chi connectivity index (χ1) is 8.77. The standard InChI is InChI=1S/C14H34O3Si2/c1-7-8-10-15-12-13-16-11-9-14-19(5,6)17-18(2,3)4/h7-14H2,1-6H3. The number of rotatable bonds is 12. The molecule has 3 nitrogen and oxygen atoms in total. The molecule has 0 aromatic rings. The Morgan fingerprint density at radius 3 is 1.74 bits per heavy atom. The Bertz CT molecular complexity index is 215. The molecular weight excluding hydrogens is 272 g/mol. The Morgan fingerprint density at radius 2 is 1.26 bits per heavy atom. The molecule has 0 saturated heterocycles. The fourth-order valence-electron chi connectivity index (χ4n) is 2.05. The second kappa shape index (κ2) is 10.1. The van der Waals surface area contributed by atoms with Crippen LogP contribution in [-0.4, -0.2) is 43.1 Å². The van der Waals surface area contributed by atoms with Crippen molar-refractivity contribution in [2.75, 3.05) is 26.4 Å². The van der Waals surface area contributed by atoms with Gasteiger partial charge in [0.05, 0.1) is 13.2 Å². The van der Waals surface area contributed by atoms with Crippen molar-refractivity contribution in [3.8, 4) is 0 Å². The highest BCUT2D eigenvalue weighted by molar-refractivity contribution is 6.84. The smallest absolute Gasteiger partial charge is 0.173 e. The zero-order valence-electron chi connectivity index (χ0n) is 13.9. The summed E-state index contributed by atoms with van der Waals surface area (Å²) in [6, 6.07) is 1.19. The first kappa shape index (κ1) is 19.3. The maximum Gasteiger partial charge on any atom is 0.173 e. The summed E-state index contributed by atoms with van der Waals surface area (Å²) in [6.07, 6.45) is 3.45. The van der Waals surface area contributed by atoms with Crippen LogP contribution in [0.3, 0.4) is 0 Å². The van der Waals surface area contributed by atoms with Gasteiger partial charge in [-0.25, -0.2) is 0 Å². The monoisotopic (exact) mass is 306 g/mol. The molecule has 0 aromatic carbocycles. The molecule has 0 N–H and O–H groups in total. The van der Waals surface area contributed by atoms with Crippen molar-refractivity contribution in [3.05, 3.63) is 0 Å². The van der Waals surface area contributed by atoms with Gasteiger partial charge in [-0.05, 0) is 51.6 Å². The lowest BCUT2D eigenvalue weighted by Crippen LogP contribution is -2.42. The summed E-state index contributed by atoms with van der Waals surface area (Å²) in [5.74, 6) is 0. The van der Waals surface area contributed by atoms with Gasteiger partial charge < -0.3 is 13.6 Å². The van der Waals surface area contributed by atoms with Crippen LogP contribution < -0.4 is 0 Å². The SMILES string of the molecule is CCCCOCCOCCC[Si](C)(C)O[Si](C)(C)C. The van der Waals surface area contributed by atoms with E-state index < -0.39 is 16.6 Å². The van der Waals surface area contributed by atoms with E-state index in [4.69, 9.17) is 13.6 Å². The Kier molecular flexibility index (Phi) is 10.3. The van der Waals surface area contributed by atoms with E-state index in [-0.39, 0.29) is 0 Å². The minimum atomic E-state index is -1.47. The van der Waals surface area contributed by atoms with E-state index in [1.165, 1.54) is 12.5 Å². The molecule has 0 aliphatic heterocycles. The number of unbranched alkanes of at least 4 members (excludes halogenated alkanes) is 1. The molecule has 0 bridgehead atoms. The van der Waals surface area contributed by atoms with Crippen LogP contribution in [-0.2, 0) is 13.6 Å². The molecule has 0 amide bonds. The van der Waals surface area contributed by atoms with Gasteiger partial charge in [0.2, 0.25) is 0 Å². The molecule has 0 fully saturated rings. The highest BCUT2D eigenvalue weighted by Gasteiger charge is 2.28. The van der Waals surface area contributed by atoms with Crippen molar-refractivity contribution >= 4 is 16.6 Å². The first-order valence-corrected chi connectivity index (χ1v) is 14.1. The quantitative estimate of drug-likeness (QED) is 0.398. The van der Waals surface area contributed by atoms with Crippen molar-refractivity contribution < 1.29 is 13.6 Å².